The summed E-state index contributed by atoms with van der Waals surface area (Å²) >= 11 is 1.73. The molecule has 0 aliphatic rings. The highest BCUT2D eigenvalue weighted by Crippen LogP contribution is 2.17. The Labute approximate surface area is 121 Å². The van der Waals surface area contributed by atoms with Crippen molar-refractivity contribution in [3.8, 4) is 0 Å². The number of carboxylic acid groups (broad SMARTS) is 1. The van der Waals surface area contributed by atoms with E-state index < -0.39 is 5.97 Å². The van der Waals surface area contributed by atoms with Gasteiger partial charge in [0.15, 0.2) is 0 Å². The molecule has 2 rings (SSSR count). The van der Waals surface area contributed by atoms with Gasteiger partial charge in [-0.1, -0.05) is 6.07 Å². The third kappa shape index (κ3) is 3.14. The van der Waals surface area contributed by atoms with Crippen LogP contribution in [-0.2, 0) is 6.42 Å². The zero-order chi connectivity index (χ0) is 14.7. The number of aromatic carboxylic acids is 1. The number of carbonyl (C=O) groups is 1. The van der Waals surface area contributed by atoms with Crippen LogP contribution in [0.25, 0.3) is 0 Å². The van der Waals surface area contributed by atoms with Gasteiger partial charge >= 0.3 is 5.97 Å². The lowest BCUT2D eigenvalue weighted by molar-refractivity contribution is 0.0695. The largest absolute Gasteiger partial charge is 0.478 e. The highest BCUT2D eigenvalue weighted by molar-refractivity contribution is 7.09. The average molecular weight is 291 g/mol. The topological polar surface area (TPSA) is 66.3 Å². The van der Waals surface area contributed by atoms with Gasteiger partial charge < -0.3 is 10.0 Å². The minimum Gasteiger partial charge on any atom is -0.478 e. The minimum absolute atomic E-state index is 0.146. The molecule has 2 aromatic rings. The molecule has 5 nitrogen and oxygen atoms in total. The fourth-order valence-corrected chi connectivity index (χ4v) is 2.72. The van der Waals surface area contributed by atoms with Crippen molar-refractivity contribution in [2.45, 2.75) is 26.3 Å². The molecule has 106 valence electrons. The van der Waals surface area contributed by atoms with Gasteiger partial charge in [-0.25, -0.2) is 14.8 Å². The van der Waals surface area contributed by atoms with E-state index in [1.807, 2.05) is 18.0 Å². The number of thiophene rings is 1. The Morgan fingerprint density at radius 3 is 2.85 bits per heavy atom. The molecular weight excluding hydrogens is 274 g/mol. The van der Waals surface area contributed by atoms with E-state index in [9.17, 15) is 4.79 Å². The summed E-state index contributed by atoms with van der Waals surface area (Å²) in [6.07, 6.45) is 2.28. The Bertz CT molecular complexity index is 598. The van der Waals surface area contributed by atoms with Gasteiger partial charge in [0.05, 0.1) is 11.3 Å². The monoisotopic (exact) mass is 291 g/mol. The number of aromatic nitrogens is 2. The third-order valence-electron chi connectivity index (χ3n) is 3.25. The summed E-state index contributed by atoms with van der Waals surface area (Å²) < 4.78 is 0. The zero-order valence-corrected chi connectivity index (χ0v) is 12.5. The summed E-state index contributed by atoms with van der Waals surface area (Å²) in [7, 11) is 1.92. The predicted octanol–water partition coefficient (Wildman–Crippen LogP) is 2.61. The van der Waals surface area contributed by atoms with Crippen molar-refractivity contribution in [2.24, 2.45) is 0 Å². The molecule has 0 saturated carbocycles. The van der Waals surface area contributed by atoms with E-state index in [1.54, 1.807) is 18.3 Å². The second kappa shape index (κ2) is 6.00. The summed E-state index contributed by atoms with van der Waals surface area (Å²) in [5.74, 6) is -0.445. The van der Waals surface area contributed by atoms with Crippen LogP contribution in [0.5, 0.6) is 0 Å². The predicted molar refractivity (Wildman–Crippen MR) is 79.6 cm³/mol. The molecule has 20 heavy (non-hydrogen) atoms. The average Bonchev–Trinajstić information content (AvgIpc) is 2.90. The highest BCUT2D eigenvalue weighted by Gasteiger charge is 2.16. The highest BCUT2D eigenvalue weighted by atomic mass is 32.1. The van der Waals surface area contributed by atoms with Crippen LogP contribution >= 0.6 is 11.3 Å². The van der Waals surface area contributed by atoms with E-state index >= 15 is 0 Å². The Morgan fingerprint density at radius 2 is 2.30 bits per heavy atom. The Balaban J connectivity index is 2.14. The van der Waals surface area contributed by atoms with Crippen LogP contribution in [0.2, 0.25) is 0 Å². The van der Waals surface area contributed by atoms with Crippen molar-refractivity contribution in [1.29, 1.82) is 0 Å². The SMILES string of the molecule is Cc1nc(N(C)C(C)Cc2cccs2)ncc1C(=O)O. The first-order valence-corrected chi connectivity index (χ1v) is 7.19. The first-order valence-electron chi connectivity index (χ1n) is 6.31. The summed E-state index contributed by atoms with van der Waals surface area (Å²) in [5, 5.41) is 11.0. The molecule has 0 amide bonds. The quantitative estimate of drug-likeness (QED) is 0.917. The van der Waals surface area contributed by atoms with Crippen molar-refractivity contribution < 1.29 is 9.90 Å². The smallest absolute Gasteiger partial charge is 0.339 e. The summed E-state index contributed by atoms with van der Waals surface area (Å²) in [6, 6.07) is 4.38. The van der Waals surface area contributed by atoms with Gasteiger partial charge in [-0.05, 0) is 25.3 Å². The fourth-order valence-electron chi connectivity index (χ4n) is 1.89. The van der Waals surface area contributed by atoms with Gasteiger partial charge in [0.1, 0.15) is 0 Å². The van der Waals surface area contributed by atoms with Gasteiger partial charge in [-0.2, -0.15) is 0 Å². The van der Waals surface area contributed by atoms with Crippen LogP contribution in [0.3, 0.4) is 0 Å². The number of aryl methyl sites for hydroxylation is 1. The second-order valence-electron chi connectivity index (χ2n) is 4.72. The molecular formula is C14H17N3O2S. The number of carboxylic acids is 1. The van der Waals surface area contributed by atoms with E-state index in [4.69, 9.17) is 5.11 Å². The number of nitrogens with zero attached hydrogens (tertiary/aromatic N) is 3. The fraction of sp³-hybridized carbons (Fsp3) is 0.357. The van der Waals surface area contributed by atoms with Crippen LogP contribution in [-0.4, -0.2) is 34.1 Å². The molecule has 0 fully saturated rings. The van der Waals surface area contributed by atoms with Crippen LogP contribution in [0.1, 0.15) is 27.9 Å². The van der Waals surface area contributed by atoms with Gasteiger partial charge in [0.2, 0.25) is 5.95 Å². The zero-order valence-electron chi connectivity index (χ0n) is 11.7. The molecule has 6 heteroatoms. The number of rotatable bonds is 5. The molecule has 0 radical (unpaired) electrons. The summed E-state index contributed by atoms with van der Waals surface area (Å²) in [6.45, 7) is 3.79. The Hall–Kier alpha value is -1.95. The van der Waals surface area contributed by atoms with Crippen molar-refractivity contribution in [2.75, 3.05) is 11.9 Å². The van der Waals surface area contributed by atoms with E-state index in [0.29, 0.717) is 11.6 Å². The standard InChI is InChI=1S/C14H17N3O2S/c1-9(7-11-5-4-6-20-11)17(3)14-15-8-12(13(18)19)10(2)16-14/h4-6,8-9H,7H2,1-3H3,(H,18,19). The first kappa shape index (κ1) is 14.5. The molecule has 0 aromatic carbocycles. The molecule has 1 unspecified atom stereocenters. The molecule has 0 saturated heterocycles. The molecule has 0 aliphatic heterocycles. The van der Waals surface area contributed by atoms with E-state index in [0.717, 1.165) is 6.42 Å². The van der Waals surface area contributed by atoms with Crippen molar-refractivity contribution >= 4 is 23.3 Å². The van der Waals surface area contributed by atoms with Crippen molar-refractivity contribution in [3.63, 3.8) is 0 Å². The molecule has 2 heterocycles. The van der Waals surface area contributed by atoms with Crippen LogP contribution in [0.15, 0.2) is 23.7 Å². The van der Waals surface area contributed by atoms with Gasteiger partial charge in [0.25, 0.3) is 0 Å². The Kier molecular flexibility index (Phi) is 4.34. The van der Waals surface area contributed by atoms with Gasteiger partial charge in [0, 0.05) is 30.6 Å². The van der Waals surface area contributed by atoms with E-state index in [1.165, 1.54) is 11.1 Å². The van der Waals surface area contributed by atoms with Crippen LogP contribution < -0.4 is 4.90 Å². The first-order chi connectivity index (χ1) is 9.49. The van der Waals surface area contributed by atoms with E-state index in [-0.39, 0.29) is 11.6 Å². The van der Waals surface area contributed by atoms with Gasteiger partial charge in [-0.15, -0.1) is 11.3 Å². The molecule has 1 atom stereocenters. The third-order valence-corrected chi connectivity index (χ3v) is 4.15. The Morgan fingerprint density at radius 1 is 1.55 bits per heavy atom. The second-order valence-corrected chi connectivity index (χ2v) is 5.75. The maximum absolute atomic E-state index is 11.0. The normalized spacial score (nSPS) is 12.2. The lowest BCUT2D eigenvalue weighted by atomic mass is 10.2. The molecule has 0 bridgehead atoms. The number of hydrogen-bond donors (Lipinski definition) is 1. The van der Waals surface area contributed by atoms with Crippen LogP contribution in [0.4, 0.5) is 5.95 Å². The molecule has 1 N–H and O–H groups in total. The summed E-state index contributed by atoms with van der Waals surface area (Å²) in [5.41, 5.74) is 0.630. The van der Waals surface area contributed by atoms with Crippen molar-refractivity contribution in [3.05, 3.63) is 39.8 Å². The number of likely N-dealkylation sites (N-methyl/N-ethyl adjacent to an activating group) is 1. The molecule has 0 aliphatic carbocycles. The minimum atomic E-state index is -0.997. The van der Waals surface area contributed by atoms with Crippen LogP contribution in [0, 0.1) is 6.92 Å². The summed E-state index contributed by atoms with van der Waals surface area (Å²) in [4.78, 5) is 22.7. The number of anilines is 1. The lowest BCUT2D eigenvalue weighted by Crippen LogP contribution is -2.32. The lowest BCUT2D eigenvalue weighted by Gasteiger charge is -2.24. The number of hydrogen-bond acceptors (Lipinski definition) is 5. The van der Waals surface area contributed by atoms with Crippen molar-refractivity contribution in [1.82, 2.24) is 9.97 Å². The van der Waals surface area contributed by atoms with E-state index in [2.05, 4.69) is 28.3 Å². The van der Waals surface area contributed by atoms with Gasteiger partial charge in [-0.3, -0.25) is 0 Å². The molecule has 2 aromatic heterocycles. The maximum atomic E-state index is 11.0. The maximum Gasteiger partial charge on any atom is 0.339 e. The molecule has 0 spiro atoms.